The van der Waals surface area contributed by atoms with Gasteiger partial charge in [0.1, 0.15) is 18.2 Å². The van der Waals surface area contributed by atoms with Crippen molar-refractivity contribution in [2.45, 2.75) is 20.1 Å². The maximum atomic E-state index is 13.2. The van der Waals surface area contributed by atoms with E-state index in [2.05, 4.69) is 27.4 Å². The highest BCUT2D eigenvalue weighted by Gasteiger charge is 2.15. The number of carbonyl (C=O) groups excluding carboxylic acids is 1. The van der Waals surface area contributed by atoms with Crippen LogP contribution in [0, 0.1) is 6.92 Å². The number of carbonyl (C=O) groups is 1. The molecule has 0 amide bonds. The van der Waals surface area contributed by atoms with Crippen LogP contribution in [0.2, 0.25) is 0 Å². The van der Waals surface area contributed by atoms with Crippen molar-refractivity contribution >= 4 is 11.6 Å². The van der Waals surface area contributed by atoms with Crippen LogP contribution in [0.1, 0.15) is 27.0 Å². The molecular weight excluding hydrogens is 436 g/mol. The fraction of sp³-hybridized carbons (Fsp3) is 0.241. The van der Waals surface area contributed by atoms with Crippen LogP contribution in [-0.2, 0) is 20.2 Å². The van der Waals surface area contributed by atoms with Gasteiger partial charge in [-0.15, -0.1) is 0 Å². The van der Waals surface area contributed by atoms with E-state index in [4.69, 9.17) is 4.74 Å². The van der Waals surface area contributed by atoms with Gasteiger partial charge in [0.25, 0.3) is 0 Å². The summed E-state index contributed by atoms with van der Waals surface area (Å²) in [7, 11) is 1.92. The smallest absolute Gasteiger partial charge is 0.176 e. The van der Waals surface area contributed by atoms with Crippen LogP contribution >= 0.6 is 0 Å². The summed E-state index contributed by atoms with van der Waals surface area (Å²) in [6.07, 6.45) is 1.85. The molecule has 0 aliphatic carbocycles. The van der Waals surface area contributed by atoms with Gasteiger partial charge in [0, 0.05) is 37.8 Å². The Labute approximate surface area is 207 Å². The third-order valence-corrected chi connectivity index (χ3v) is 5.86. The topological polar surface area (TPSA) is 59.4 Å². The Hall–Kier alpha value is -3.90. The van der Waals surface area contributed by atoms with Gasteiger partial charge in [-0.3, -0.25) is 14.4 Å². The van der Waals surface area contributed by atoms with Crippen LogP contribution < -0.4 is 10.1 Å². The lowest BCUT2D eigenvalue weighted by molar-refractivity contribution is 0.0928. The predicted molar refractivity (Wildman–Crippen MR) is 140 cm³/mol. The van der Waals surface area contributed by atoms with Gasteiger partial charge in [0.05, 0.1) is 12.7 Å². The first-order chi connectivity index (χ1) is 17.1. The number of ketones is 1. The van der Waals surface area contributed by atoms with Crippen molar-refractivity contribution in [2.24, 2.45) is 7.05 Å². The van der Waals surface area contributed by atoms with E-state index in [0.29, 0.717) is 37.6 Å². The number of hydrogen-bond donors (Lipinski definition) is 1. The molecule has 0 radical (unpaired) electrons. The lowest BCUT2D eigenvalue weighted by Gasteiger charge is -2.22. The van der Waals surface area contributed by atoms with Crippen LogP contribution in [0.25, 0.3) is 0 Å². The highest BCUT2D eigenvalue weighted by atomic mass is 16.5. The van der Waals surface area contributed by atoms with E-state index in [0.717, 1.165) is 23.5 Å². The van der Waals surface area contributed by atoms with Crippen molar-refractivity contribution in [2.75, 3.05) is 25.0 Å². The molecule has 6 heteroatoms. The maximum absolute atomic E-state index is 13.2. The minimum atomic E-state index is 0.0720. The number of aryl methyl sites for hydroxylation is 2. The van der Waals surface area contributed by atoms with E-state index in [-0.39, 0.29) is 5.78 Å². The van der Waals surface area contributed by atoms with Crippen molar-refractivity contribution in [3.8, 4) is 5.75 Å². The molecule has 4 rings (SSSR count). The second-order valence-corrected chi connectivity index (χ2v) is 8.65. The fourth-order valence-corrected chi connectivity index (χ4v) is 3.98. The third-order valence-electron chi connectivity index (χ3n) is 5.86. The number of nitrogens with zero attached hydrogens (tertiary/aromatic N) is 3. The van der Waals surface area contributed by atoms with Crippen molar-refractivity contribution in [1.82, 2.24) is 14.7 Å². The highest BCUT2D eigenvalue weighted by molar-refractivity contribution is 5.97. The van der Waals surface area contributed by atoms with Gasteiger partial charge in [-0.05, 0) is 30.2 Å². The molecule has 3 aromatic carbocycles. The first-order valence-electron chi connectivity index (χ1n) is 11.9. The standard InChI is InChI=1S/C29H32N4O2/c1-23-19-31-32(2)29(23)30-16-17-33(20-24-10-5-3-6-11-24)21-28(34)26-14-9-15-27(18-26)35-22-25-12-7-4-8-13-25/h3-15,18-19,30H,16-17,20-22H2,1-2H3. The average molecular weight is 469 g/mol. The number of benzene rings is 3. The van der Waals surface area contributed by atoms with Crippen LogP contribution in [0.5, 0.6) is 5.75 Å². The molecule has 0 unspecified atom stereocenters. The molecule has 35 heavy (non-hydrogen) atoms. The molecule has 6 nitrogen and oxygen atoms in total. The van der Waals surface area contributed by atoms with Gasteiger partial charge in [-0.1, -0.05) is 72.8 Å². The monoisotopic (exact) mass is 468 g/mol. The molecule has 0 aliphatic rings. The largest absolute Gasteiger partial charge is 0.489 e. The summed E-state index contributed by atoms with van der Waals surface area (Å²) in [6.45, 7) is 4.95. The Balaban J connectivity index is 1.40. The molecule has 0 saturated heterocycles. The molecule has 180 valence electrons. The van der Waals surface area contributed by atoms with E-state index in [1.165, 1.54) is 5.56 Å². The minimum Gasteiger partial charge on any atom is -0.489 e. The van der Waals surface area contributed by atoms with Crippen LogP contribution in [0.15, 0.2) is 91.1 Å². The first kappa shape index (κ1) is 24.2. The number of Topliss-reactive ketones (excluding diaryl/α,β-unsaturated/α-hetero) is 1. The van der Waals surface area contributed by atoms with Gasteiger partial charge in [0.15, 0.2) is 5.78 Å². The Morgan fingerprint density at radius 1 is 0.971 bits per heavy atom. The average Bonchev–Trinajstić information content (AvgIpc) is 3.21. The van der Waals surface area contributed by atoms with Crippen LogP contribution in [0.3, 0.4) is 0 Å². The highest BCUT2D eigenvalue weighted by Crippen LogP contribution is 2.17. The van der Waals surface area contributed by atoms with E-state index < -0.39 is 0 Å². The fourth-order valence-electron chi connectivity index (χ4n) is 3.98. The van der Waals surface area contributed by atoms with Gasteiger partial charge in [-0.2, -0.15) is 5.10 Å². The summed E-state index contributed by atoms with van der Waals surface area (Å²) in [6, 6.07) is 27.7. The Kier molecular flexibility index (Phi) is 8.30. The van der Waals surface area contributed by atoms with Gasteiger partial charge < -0.3 is 10.1 Å². The van der Waals surface area contributed by atoms with Gasteiger partial charge in [-0.25, -0.2) is 0 Å². The number of rotatable bonds is 12. The Bertz CT molecular complexity index is 1200. The van der Waals surface area contributed by atoms with E-state index >= 15 is 0 Å². The molecule has 1 heterocycles. The quantitative estimate of drug-likeness (QED) is 0.293. The maximum Gasteiger partial charge on any atom is 0.176 e. The summed E-state index contributed by atoms with van der Waals surface area (Å²) < 4.78 is 7.76. The molecule has 0 fully saturated rings. The summed E-state index contributed by atoms with van der Waals surface area (Å²) in [4.78, 5) is 15.4. The lowest BCUT2D eigenvalue weighted by atomic mass is 10.1. The molecule has 0 saturated carbocycles. The van der Waals surface area contributed by atoms with E-state index in [1.807, 2.05) is 97.6 Å². The molecule has 0 aliphatic heterocycles. The van der Waals surface area contributed by atoms with Crippen LogP contribution in [0.4, 0.5) is 5.82 Å². The minimum absolute atomic E-state index is 0.0720. The number of nitrogens with one attached hydrogen (secondary N) is 1. The van der Waals surface area contributed by atoms with Crippen molar-refractivity contribution in [1.29, 1.82) is 0 Å². The Morgan fingerprint density at radius 3 is 2.37 bits per heavy atom. The summed E-state index contributed by atoms with van der Waals surface area (Å²) in [5.41, 5.74) is 4.03. The number of ether oxygens (including phenoxy) is 1. The van der Waals surface area contributed by atoms with Crippen molar-refractivity contribution < 1.29 is 9.53 Å². The number of anilines is 1. The molecule has 1 N–H and O–H groups in total. The number of aromatic nitrogens is 2. The SMILES string of the molecule is Cc1cnn(C)c1NCCN(CC(=O)c1cccc(OCc2ccccc2)c1)Cc1ccccc1. The molecule has 1 aromatic heterocycles. The number of hydrogen-bond acceptors (Lipinski definition) is 5. The predicted octanol–water partition coefficient (Wildman–Crippen LogP) is 5.10. The second-order valence-electron chi connectivity index (χ2n) is 8.65. The normalized spacial score (nSPS) is 10.9. The summed E-state index contributed by atoms with van der Waals surface area (Å²) in [5, 5.41) is 7.75. The van der Waals surface area contributed by atoms with Crippen LogP contribution in [-0.4, -0.2) is 40.1 Å². The molecular formula is C29H32N4O2. The first-order valence-corrected chi connectivity index (χ1v) is 11.9. The van der Waals surface area contributed by atoms with E-state index in [1.54, 1.807) is 0 Å². The molecule has 4 aromatic rings. The zero-order valence-corrected chi connectivity index (χ0v) is 20.4. The summed E-state index contributed by atoms with van der Waals surface area (Å²) >= 11 is 0. The zero-order valence-electron chi connectivity index (χ0n) is 20.4. The van der Waals surface area contributed by atoms with Crippen molar-refractivity contribution in [3.05, 3.63) is 113 Å². The molecule has 0 atom stereocenters. The Morgan fingerprint density at radius 2 is 1.69 bits per heavy atom. The third kappa shape index (κ3) is 7.04. The van der Waals surface area contributed by atoms with E-state index in [9.17, 15) is 4.79 Å². The van der Waals surface area contributed by atoms with Gasteiger partial charge in [0.2, 0.25) is 0 Å². The zero-order chi connectivity index (χ0) is 24.5. The molecule has 0 bridgehead atoms. The van der Waals surface area contributed by atoms with Gasteiger partial charge >= 0.3 is 0 Å². The molecule has 0 spiro atoms. The lowest BCUT2D eigenvalue weighted by Crippen LogP contribution is -2.34. The van der Waals surface area contributed by atoms with Crippen molar-refractivity contribution in [3.63, 3.8) is 0 Å². The second kappa shape index (κ2) is 12.0. The summed E-state index contributed by atoms with van der Waals surface area (Å²) in [5.74, 6) is 1.77.